The second-order valence-corrected chi connectivity index (χ2v) is 6.29. The maximum Gasteiger partial charge on any atom is 0.325 e. The summed E-state index contributed by atoms with van der Waals surface area (Å²) in [5, 5.41) is 17.6. The second-order valence-electron chi connectivity index (χ2n) is 5.44. The Morgan fingerprint density at radius 1 is 1.41 bits per heavy atom. The van der Waals surface area contributed by atoms with E-state index in [9.17, 15) is 9.90 Å². The number of aromatic nitrogens is 3. The fourth-order valence-electron chi connectivity index (χ4n) is 3.03. The molecule has 2 atom stereocenters. The Balaban J connectivity index is 1.86. The van der Waals surface area contributed by atoms with E-state index in [0.717, 1.165) is 29.4 Å². The monoisotopic (exact) mass is 364 g/mol. The van der Waals surface area contributed by atoms with Crippen LogP contribution in [0.2, 0.25) is 0 Å². The highest BCUT2D eigenvalue weighted by atomic mass is 79.9. The third-order valence-electron chi connectivity index (χ3n) is 4.04. The van der Waals surface area contributed by atoms with E-state index in [-0.39, 0.29) is 6.04 Å². The molecule has 1 aliphatic rings. The lowest BCUT2D eigenvalue weighted by molar-refractivity contribution is -0.144. The van der Waals surface area contributed by atoms with Crippen molar-refractivity contribution in [3.05, 3.63) is 46.7 Å². The average molecular weight is 365 g/mol. The van der Waals surface area contributed by atoms with Crippen LogP contribution in [0.5, 0.6) is 0 Å². The van der Waals surface area contributed by atoms with Gasteiger partial charge in [-0.3, -0.25) is 9.69 Å². The smallest absolute Gasteiger partial charge is 0.325 e. The van der Waals surface area contributed by atoms with Crippen molar-refractivity contribution < 1.29 is 9.90 Å². The Hall–Kier alpha value is -1.73. The topological polar surface area (TPSA) is 71.2 Å². The van der Waals surface area contributed by atoms with Crippen molar-refractivity contribution in [1.29, 1.82) is 0 Å². The summed E-state index contributed by atoms with van der Waals surface area (Å²) in [5.41, 5.74) is 0.786. The van der Waals surface area contributed by atoms with E-state index in [1.165, 1.54) is 0 Å². The largest absolute Gasteiger partial charge is 0.480 e. The average Bonchev–Trinajstić information content (AvgIpc) is 3.04. The summed E-state index contributed by atoms with van der Waals surface area (Å²) >= 11 is 3.47. The van der Waals surface area contributed by atoms with Crippen molar-refractivity contribution in [2.24, 2.45) is 0 Å². The number of carbonyl (C=O) groups is 1. The van der Waals surface area contributed by atoms with Crippen LogP contribution in [-0.2, 0) is 4.79 Å². The minimum absolute atomic E-state index is 0.167. The van der Waals surface area contributed by atoms with Crippen LogP contribution in [0.25, 0.3) is 0 Å². The molecule has 1 fully saturated rings. The van der Waals surface area contributed by atoms with Crippen molar-refractivity contribution in [1.82, 2.24) is 19.9 Å². The molecule has 7 heteroatoms. The van der Waals surface area contributed by atoms with Gasteiger partial charge in [0.1, 0.15) is 6.04 Å². The van der Waals surface area contributed by atoms with Gasteiger partial charge in [-0.05, 0) is 31.0 Å². The molecule has 2 heterocycles. The molecule has 1 saturated heterocycles. The lowest BCUT2D eigenvalue weighted by Crippen LogP contribution is -2.42. The van der Waals surface area contributed by atoms with E-state index in [1.54, 1.807) is 6.20 Å². The number of hydrogen-bond acceptors (Lipinski definition) is 4. The number of carboxylic acids is 1. The number of carboxylic acid groups (broad SMARTS) is 1. The van der Waals surface area contributed by atoms with Crippen LogP contribution >= 0.6 is 15.9 Å². The van der Waals surface area contributed by atoms with E-state index in [4.69, 9.17) is 0 Å². The second kappa shape index (κ2) is 6.58. The molecular formula is C15H17BrN4O2. The van der Waals surface area contributed by atoms with Gasteiger partial charge in [0.15, 0.2) is 0 Å². The van der Waals surface area contributed by atoms with Crippen LogP contribution in [-0.4, -0.2) is 44.1 Å². The van der Waals surface area contributed by atoms with Gasteiger partial charge in [0.05, 0.1) is 12.2 Å². The normalized spacial score (nSPS) is 20.7. The number of likely N-dealkylation sites (tertiary alicyclic amines) is 1. The molecular weight excluding hydrogens is 348 g/mol. The third-order valence-corrected chi connectivity index (χ3v) is 4.76. The SMILES string of the molecule is O=C(O)C(c1ccccc1Br)N1CCCC(n2ccnn2)C1. The van der Waals surface area contributed by atoms with Gasteiger partial charge in [0.2, 0.25) is 0 Å². The highest BCUT2D eigenvalue weighted by molar-refractivity contribution is 9.10. The van der Waals surface area contributed by atoms with Crippen molar-refractivity contribution in [3.63, 3.8) is 0 Å². The fourth-order valence-corrected chi connectivity index (χ4v) is 3.53. The van der Waals surface area contributed by atoms with Crippen LogP contribution in [0.15, 0.2) is 41.1 Å². The van der Waals surface area contributed by atoms with E-state index in [2.05, 4.69) is 26.2 Å². The number of benzene rings is 1. The standard InChI is InChI=1S/C15H17BrN4O2/c16-13-6-2-1-5-12(13)14(15(21)22)19-8-3-4-11(10-19)20-9-7-17-18-20/h1-2,5-7,9,11,14H,3-4,8,10H2,(H,21,22). The predicted molar refractivity (Wildman–Crippen MR) is 84.4 cm³/mol. The summed E-state index contributed by atoms with van der Waals surface area (Å²) in [6, 6.07) is 7.02. The summed E-state index contributed by atoms with van der Waals surface area (Å²) in [6.45, 7) is 1.42. The van der Waals surface area contributed by atoms with Gasteiger partial charge in [0.25, 0.3) is 0 Å². The lowest BCUT2D eigenvalue weighted by Gasteiger charge is -2.36. The molecule has 0 aliphatic carbocycles. The molecule has 2 unspecified atom stereocenters. The third kappa shape index (κ3) is 3.05. The molecule has 0 saturated carbocycles. The summed E-state index contributed by atoms with van der Waals surface area (Å²) in [7, 11) is 0. The Kier molecular flexibility index (Phi) is 4.54. The van der Waals surface area contributed by atoms with Gasteiger partial charge in [-0.25, -0.2) is 4.68 Å². The van der Waals surface area contributed by atoms with Crippen molar-refractivity contribution in [2.45, 2.75) is 24.9 Å². The van der Waals surface area contributed by atoms with E-state index in [0.29, 0.717) is 6.54 Å². The number of hydrogen-bond donors (Lipinski definition) is 1. The molecule has 0 spiro atoms. The Morgan fingerprint density at radius 3 is 2.91 bits per heavy atom. The molecule has 1 aromatic heterocycles. The zero-order valence-corrected chi connectivity index (χ0v) is 13.6. The van der Waals surface area contributed by atoms with Gasteiger partial charge in [0, 0.05) is 17.2 Å². The van der Waals surface area contributed by atoms with Crippen molar-refractivity contribution >= 4 is 21.9 Å². The quantitative estimate of drug-likeness (QED) is 0.902. The van der Waals surface area contributed by atoms with Crippen molar-refractivity contribution in [3.8, 4) is 0 Å². The molecule has 2 aromatic rings. The number of nitrogens with zero attached hydrogens (tertiary/aromatic N) is 4. The molecule has 22 heavy (non-hydrogen) atoms. The van der Waals surface area contributed by atoms with Gasteiger partial charge >= 0.3 is 5.97 Å². The molecule has 0 amide bonds. The minimum Gasteiger partial charge on any atom is -0.480 e. The first-order valence-electron chi connectivity index (χ1n) is 7.24. The van der Waals surface area contributed by atoms with Crippen LogP contribution in [0.1, 0.15) is 30.5 Å². The van der Waals surface area contributed by atoms with Crippen LogP contribution < -0.4 is 0 Å². The van der Waals surface area contributed by atoms with Gasteiger partial charge in [-0.2, -0.15) is 0 Å². The first-order valence-corrected chi connectivity index (χ1v) is 8.03. The highest BCUT2D eigenvalue weighted by Gasteiger charge is 2.33. The number of halogens is 1. The Bertz CT molecular complexity index is 647. The summed E-state index contributed by atoms with van der Waals surface area (Å²) in [4.78, 5) is 13.9. The molecule has 6 nitrogen and oxygen atoms in total. The maximum atomic E-state index is 11.8. The van der Waals surface area contributed by atoms with Crippen LogP contribution in [0.3, 0.4) is 0 Å². The predicted octanol–water partition coefficient (Wildman–Crippen LogP) is 2.50. The zero-order chi connectivity index (χ0) is 15.5. The lowest BCUT2D eigenvalue weighted by atomic mass is 9.99. The van der Waals surface area contributed by atoms with E-state index < -0.39 is 12.0 Å². The summed E-state index contributed by atoms with van der Waals surface area (Å²) < 4.78 is 2.65. The molecule has 1 N–H and O–H groups in total. The molecule has 116 valence electrons. The van der Waals surface area contributed by atoms with Crippen LogP contribution in [0.4, 0.5) is 0 Å². The van der Waals surface area contributed by atoms with Crippen LogP contribution in [0, 0.1) is 0 Å². The fraction of sp³-hybridized carbons (Fsp3) is 0.400. The minimum atomic E-state index is -0.828. The molecule has 1 aromatic carbocycles. The molecule has 0 bridgehead atoms. The van der Waals surface area contributed by atoms with Gasteiger partial charge < -0.3 is 5.11 Å². The number of piperidine rings is 1. The molecule has 3 rings (SSSR count). The number of rotatable bonds is 4. The molecule has 1 aliphatic heterocycles. The highest BCUT2D eigenvalue weighted by Crippen LogP contribution is 2.32. The Labute approximate surface area is 136 Å². The summed E-state index contributed by atoms with van der Waals surface area (Å²) in [5.74, 6) is -0.828. The van der Waals surface area contributed by atoms with Crippen molar-refractivity contribution in [2.75, 3.05) is 13.1 Å². The first-order chi connectivity index (χ1) is 10.7. The number of aliphatic carboxylic acids is 1. The molecule has 0 radical (unpaired) electrons. The maximum absolute atomic E-state index is 11.8. The Morgan fingerprint density at radius 2 is 2.23 bits per heavy atom. The first kappa shape index (κ1) is 15.2. The summed E-state index contributed by atoms with van der Waals surface area (Å²) in [6.07, 6.45) is 5.42. The van der Waals surface area contributed by atoms with Gasteiger partial charge in [-0.1, -0.05) is 39.3 Å². The zero-order valence-electron chi connectivity index (χ0n) is 12.0. The van der Waals surface area contributed by atoms with E-state index >= 15 is 0 Å². The van der Waals surface area contributed by atoms with E-state index in [1.807, 2.05) is 40.0 Å². The van der Waals surface area contributed by atoms with Gasteiger partial charge in [-0.15, -0.1) is 5.10 Å².